The third kappa shape index (κ3) is 3.51. The molecule has 0 radical (unpaired) electrons. The van der Waals surface area contributed by atoms with Gasteiger partial charge in [-0.25, -0.2) is 8.42 Å². The third-order valence-corrected chi connectivity index (χ3v) is 5.79. The van der Waals surface area contributed by atoms with Gasteiger partial charge in [0.15, 0.2) is 0 Å². The molecule has 1 unspecified atom stereocenters. The molecule has 0 aliphatic heterocycles. The van der Waals surface area contributed by atoms with Gasteiger partial charge >= 0.3 is 0 Å². The number of rotatable bonds is 6. The van der Waals surface area contributed by atoms with Crippen LogP contribution in [0.2, 0.25) is 0 Å². The quantitative estimate of drug-likeness (QED) is 0.860. The summed E-state index contributed by atoms with van der Waals surface area (Å²) in [4.78, 5) is 1.01. The topological polar surface area (TPSA) is 57.6 Å². The maximum absolute atomic E-state index is 12.2. The fourth-order valence-electron chi connectivity index (χ4n) is 1.45. The Morgan fingerprint density at radius 1 is 1.41 bits per heavy atom. The highest BCUT2D eigenvalue weighted by molar-refractivity contribution is 7.89. The maximum atomic E-state index is 12.2. The van der Waals surface area contributed by atoms with E-state index in [2.05, 4.69) is 0 Å². The van der Waals surface area contributed by atoms with E-state index in [0.29, 0.717) is 6.54 Å². The van der Waals surface area contributed by atoms with E-state index >= 15 is 0 Å². The van der Waals surface area contributed by atoms with Crippen molar-refractivity contribution in [2.24, 2.45) is 0 Å². The van der Waals surface area contributed by atoms with Crippen LogP contribution in [-0.2, 0) is 16.6 Å². The zero-order valence-corrected chi connectivity index (χ0v) is 12.0. The molecular weight excluding hydrogens is 258 g/mol. The van der Waals surface area contributed by atoms with Crippen LogP contribution in [0.1, 0.15) is 25.6 Å². The second kappa shape index (κ2) is 5.95. The van der Waals surface area contributed by atoms with Crippen molar-refractivity contribution in [1.82, 2.24) is 4.31 Å². The van der Waals surface area contributed by atoms with Gasteiger partial charge in [-0.3, -0.25) is 0 Å². The first kappa shape index (κ1) is 14.6. The van der Waals surface area contributed by atoms with Gasteiger partial charge in [0.05, 0.1) is 11.9 Å². The first-order valence-electron chi connectivity index (χ1n) is 5.53. The van der Waals surface area contributed by atoms with E-state index in [1.807, 2.05) is 31.4 Å². The Kier molecular flexibility index (Phi) is 5.12. The number of aliphatic hydroxyl groups excluding tert-OH is 1. The van der Waals surface area contributed by atoms with Gasteiger partial charge in [0, 0.05) is 17.5 Å². The summed E-state index contributed by atoms with van der Waals surface area (Å²) < 4.78 is 25.8. The first-order valence-corrected chi connectivity index (χ1v) is 7.91. The van der Waals surface area contributed by atoms with Crippen molar-refractivity contribution in [1.29, 1.82) is 0 Å². The minimum absolute atomic E-state index is 0.115. The molecule has 0 aromatic carbocycles. The Hall–Kier alpha value is -0.430. The van der Waals surface area contributed by atoms with Gasteiger partial charge in [-0.1, -0.05) is 6.07 Å². The second-order valence-corrected chi connectivity index (χ2v) is 7.59. The molecule has 0 bridgehead atoms. The molecule has 1 aromatic heterocycles. The Morgan fingerprint density at radius 2 is 2.06 bits per heavy atom. The average molecular weight is 277 g/mol. The lowest BCUT2D eigenvalue weighted by Crippen LogP contribution is -2.42. The monoisotopic (exact) mass is 277 g/mol. The van der Waals surface area contributed by atoms with Gasteiger partial charge in [0.1, 0.15) is 0 Å². The number of hydrogen-bond acceptors (Lipinski definition) is 4. The van der Waals surface area contributed by atoms with Gasteiger partial charge in [0.2, 0.25) is 10.0 Å². The van der Waals surface area contributed by atoms with Gasteiger partial charge in [-0.2, -0.15) is 4.31 Å². The zero-order valence-electron chi connectivity index (χ0n) is 10.3. The van der Waals surface area contributed by atoms with Crippen LogP contribution in [-0.4, -0.2) is 35.7 Å². The third-order valence-electron chi connectivity index (χ3n) is 2.56. The molecule has 6 heteroatoms. The van der Waals surface area contributed by atoms with Crippen LogP contribution in [0.3, 0.4) is 0 Å². The number of aliphatic hydroxyl groups is 1. The number of nitrogens with zero attached hydrogens (tertiary/aromatic N) is 1. The van der Waals surface area contributed by atoms with Crippen molar-refractivity contribution in [2.75, 3.05) is 6.61 Å². The summed E-state index contributed by atoms with van der Waals surface area (Å²) >= 11 is 1.54. The molecule has 4 nitrogen and oxygen atoms in total. The van der Waals surface area contributed by atoms with Crippen LogP contribution < -0.4 is 0 Å². The fraction of sp³-hybridized carbons (Fsp3) is 0.636. The summed E-state index contributed by atoms with van der Waals surface area (Å²) in [5.41, 5.74) is 0. The lowest BCUT2D eigenvalue weighted by Gasteiger charge is -2.27. The number of thiophene rings is 1. The summed E-state index contributed by atoms with van der Waals surface area (Å²) in [5.74, 6) is 0. The molecule has 0 aliphatic carbocycles. The molecule has 0 fully saturated rings. The summed E-state index contributed by atoms with van der Waals surface area (Å²) in [6.45, 7) is 5.24. The lowest BCUT2D eigenvalue weighted by molar-refractivity contribution is 0.282. The molecule has 98 valence electrons. The molecule has 0 aliphatic rings. The van der Waals surface area contributed by atoms with Crippen molar-refractivity contribution in [3.8, 4) is 0 Å². The van der Waals surface area contributed by atoms with E-state index in [4.69, 9.17) is 5.11 Å². The molecule has 0 saturated carbocycles. The minimum atomic E-state index is -3.44. The van der Waals surface area contributed by atoms with E-state index < -0.39 is 15.3 Å². The van der Waals surface area contributed by atoms with E-state index in [0.717, 1.165) is 4.88 Å². The standard InChI is InChI=1S/C11H19NO3S2/c1-9(2)12(7-11-5-4-6-16-11)17(14,15)10(3)8-13/h4-6,9-10,13H,7-8H2,1-3H3. The zero-order chi connectivity index (χ0) is 13.1. The van der Waals surface area contributed by atoms with Crippen molar-refractivity contribution >= 4 is 21.4 Å². The Bertz CT molecular complexity index is 426. The molecule has 1 atom stereocenters. The van der Waals surface area contributed by atoms with E-state index in [-0.39, 0.29) is 12.6 Å². The molecule has 1 N–H and O–H groups in total. The number of sulfonamides is 1. The molecule has 0 saturated heterocycles. The highest BCUT2D eigenvalue weighted by atomic mass is 32.2. The normalized spacial score (nSPS) is 14.5. The van der Waals surface area contributed by atoms with Gasteiger partial charge in [-0.15, -0.1) is 11.3 Å². The molecule has 17 heavy (non-hydrogen) atoms. The highest BCUT2D eigenvalue weighted by Gasteiger charge is 2.30. The Morgan fingerprint density at radius 3 is 2.47 bits per heavy atom. The molecular formula is C11H19NO3S2. The predicted molar refractivity (Wildman–Crippen MR) is 70.5 cm³/mol. The van der Waals surface area contributed by atoms with Crippen LogP contribution in [0.15, 0.2) is 17.5 Å². The molecule has 1 rings (SSSR count). The molecule has 1 heterocycles. The first-order chi connectivity index (χ1) is 7.89. The van der Waals surface area contributed by atoms with Crippen LogP contribution in [0.4, 0.5) is 0 Å². The minimum Gasteiger partial charge on any atom is -0.395 e. The van der Waals surface area contributed by atoms with Crippen molar-refractivity contribution in [2.45, 2.75) is 38.6 Å². The summed E-state index contributed by atoms with van der Waals surface area (Å²) in [7, 11) is -3.44. The van der Waals surface area contributed by atoms with Crippen LogP contribution in [0.25, 0.3) is 0 Å². The molecule has 0 spiro atoms. The van der Waals surface area contributed by atoms with Gasteiger partial charge < -0.3 is 5.11 Å². The summed E-state index contributed by atoms with van der Waals surface area (Å²) in [6, 6.07) is 3.70. The Labute approximate surface area is 107 Å². The maximum Gasteiger partial charge on any atom is 0.219 e. The SMILES string of the molecule is CC(C)N(Cc1cccs1)S(=O)(=O)C(C)CO. The van der Waals surface area contributed by atoms with Gasteiger partial charge in [0.25, 0.3) is 0 Å². The van der Waals surface area contributed by atoms with Crippen LogP contribution in [0, 0.1) is 0 Å². The second-order valence-electron chi connectivity index (χ2n) is 4.26. The largest absolute Gasteiger partial charge is 0.395 e. The smallest absolute Gasteiger partial charge is 0.219 e. The van der Waals surface area contributed by atoms with E-state index in [1.54, 1.807) is 0 Å². The lowest BCUT2D eigenvalue weighted by atomic mass is 10.4. The fourth-order valence-corrected chi connectivity index (χ4v) is 3.79. The van der Waals surface area contributed by atoms with E-state index in [9.17, 15) is 8.42 Å². The highest BCUT2D eigenvalue weighted by Crippen LogP contribution is 2.19. The summed E-state index contributed by atoms with van der Waals surface area (Å²) in [6.07, 6.45) is 0. The van der Waals surface area contributed by atoms with Crippen molar-refractivity contribution in [3.63, 3.8) is 0 Å². The predicted octanol–water partition coefficient (Wildman–Crippen LogP) is 1.67. The van der Waals surface area contributed by atoms with Crippen molar-refractivity contribution in [3.05, 3.63) is 22.4 Å². The van der Waals surface area contributed by atoms with Crippen molar-refractivity contribution < 1.29 is 13.5 Å². The average Bonchev–Trinajstić information content (AvgIpc) is 2.76. The van der Waals surface area contributed by atoms with Crippen LogP contribution >= 0.6 is 11.3 Å². The van der Waals surface area contributed by atoms with Gasteiger partial charge in [-0.05, 0) is 32.2 Å². The van der Waals surface area contributed by atoms with Crippen LogP contribution in [0.5, 0.6) is 0 Å². The Balaban J connectivity index is 2.94. The molecule has 1 aromatic rings. The summed E-state index contributed by atoms with van der Waals surface area (Å²) in [5, 5.41) is 10.2. The van der Waals surface area contributed by atoms with E-state index in [1.165, 1.54) is 22.6 Å². The number of hydrogen-bond donors (Lipinski definition) is 1. The molecule has 0 amide bonds.